The Morgan fingerprint density at radius 2 is 2.14 bits per heavy atom. The van der Waals surface area contributed by atoms with E-state index in [1.807, 2.05) is 4.90 Å². The van der Waals surface area contributed by atoms with E-state index in [-0.39, 0.29) is 23.5 Å². The summed E-state index contributed by atoms with van der Waals surface area (Å²) in [4.78, 5) is 19.6. The molecule has 22 heavy (non-hydrogen) atoms. The molecule has 1 aromatic heterocycles. The molecule has 0 N–H and O–H groups in total. The van der Waals surface area contributed by atoms with Gasteiger partial charge in [0.15, 0.2) is 0 Å². The highest BCUT2D eigenvalue weighted by molar-refractivity contribution is 7.09. The Morgan fingerprint density at radius 3 is 2.77 bits per heavy atom. The van der Waals surface area contributed by atoms with Crippen LogP contribution in [0.1, 0.15) is 69.6 Å². The Bertz CT molecular complexity index is 529. The van der Waals surface area contributed by atoms with Crippen molar-refractivity contribution in [2.45, 2.75) is 70.4 Å². The molecule has 2 fully saturated rings. The van der Waals surface area contributed by atoms with Crippen molar-refractivity contribution >= 4 is 17.2 Å². The summed E-state index contributed by atoms with van der Waals surface area (Å²) in [6.07, 6.45) is 4.93. The van der Waals surface area contributed by atoms with Gasteiger partial charge in [0, 0.05) is 23.9 Å². The summed E-state index contributed by atoms with van der Waals surface area (Å²) in [5.41, 5.74) is 1.19. The molecule has 2 saturated heterocycles. The third kappa shape index (κ3) is 3.20. The number of amides is 1. The van der Waals surface area contributed by atoms with Crippen LogP contribution in [0.4, 0.5) is 0 Å². The summed E-state index contributed by atoms with van der Waals surface area (Å²) in [5, 5.41) is 3.24. The minimum Gasteiger partial charge on any atom is -0.368 e. The fraction of sp³-hybridized carbons (Fsp3) is 0.765. The molecular formula is C17H26N2O2S. The van der Waals surface area contributed by atoms with Gasteiger partial charge in [-0.3, -0.25) is 4.79 Å². The minimum absolute atomic E-state index is 0.0623. The van der Waals surface area contributed by atoms with E-state index in [4.69, 9.17) is 9.72 Å². The van der Waals surface area contributed by atoms with Gasteiger partial charge in [-0.05, 0) is 32.1 Å². The van der Waals surface area contributed by atoms with Gasteiger partial charge >= 0.3 is 0 Å². The van der Waals surface area contributed by atoms with Crippen molar-refractivity contribution in [1.29, 1.82) is 0 Å². The maximum atomic E-state index is 12.8. The average Bonchev–Trinajstić information content (AvgIpc) is 3.17. The van der Waals surface area contributed by atoms with E-state index in [1.54, 1.807) is 11.3 Å². The van der Waals surface area contributed by atoms with Crippen LogP contribution in [0.15, 0.2) is 5.38 Å². The molecule has 1 aromatic rings. The average molecular weight is 322 g/mol. The highest BCUT2D eigenvalue weighted by Gasteiger charge is 2.36. The van der Waals surface area contributed by atoms with Crippen LogP contribution in [0, 0.1) is 0 Å². The number of thiazole rings is 1. The van der Waals surface area contributed by atoms with E-state index >= 15 is 0 Å². The molecular weight excluding hydrogens is 296 g/mol. The maximum Gasteiger partial charge on any atom is 0.252 e. The van der Waals surface area contributed by atoms with Gasteiger partial charge in [0.25, 0.3) is 5.91 Å². The highest BCUT2D eigenvalue weighted by atomic mass is 32.1. The minimum atomic E-state index is -0.220. The first-order valence-corrected chi connectivity index (χ1v) is 9.23. The van der Waals surface area contributed by atoms with Crippen molar-refractivity contribution in [2.24, 2.45) is 0 Å². The Morgan fingerprint density at radius 1 is 1.32 bits per heavy atom. The number of hydrogen-bond acceptors (Lipinski definition) is 4. The molecule has 2 aliphatic rings. The lowest BCUT2D eigenvalue weighted by Gasteiger charge is -2.36. The smallest absolute Gasteiger partial charge is 0.252 e. The largest absolute Gasteiger partial charge is 0.368 e. The van der Waals surface area contributed by atoms with Crippen LogP contribution in [0.25, 0.3) is 0 Å². The number of ether oxygens (including phenoxy) is 1. The third-order valence-electron chi connectivity index (χ3n) is 4.57. The predicted octanol–water partition coefficient (Wildman–Crippen LogP) is 3.67. The second kappa shape index (κ2) is 6.28. The summed E-state index contributed by atoms with van der Waals surface area (Å²) < 4.78 is 5.60. The highest BCUT2D eigenvalue weighted by Crippen LogP contribution is 2.36. The van der Waals surface area contributed by atoms with E-state index in [9.17, 15) is 4.79 Å². The van der Waals surface area contributed by atoms with Gasteiger partial charge in [-0.1, -0.05) is 20.8 Å². The van der Waals surface area contributed by atoms with Gasteiger partial charge in [-0.2, -0.15) is 0 Å². The molecule has 5 heteroatoms. The second-order valence-corrected chi connectivity index (χ2v) is 8.26. The molecule has 0 spiro atoms. The first-order chi connectivity index (χ1) is 10.5. The van der Waals surface area contributed by atoms with Gasteiger partial charge in [0.2, 0.25) is 0 Å². The zero-order chi connectivity index (χ0) is 15.7. The molecule has 0 aliphatic carbocycles. The Balaban J connectivity index is 1.80. The Labute approximate surface area is 136 Å². The SMILES string of the molecule is CC(C)(C)c1csc(C2CCCCN2C(=O)C2CCCO2)n1. The van der Waals surface area contributed by atoms with Crippen molar-refractivity contribution < 1.29 is 9.53 Å². The first kappa shape index (κ1) is 15.9. The van der Waals surface area contributed by atoms with Crippen molar-refractivity contribution in [3.63, 3.8) is 0 Å². The first-order valence-electron chi connectivity index (χ1n) is 8.35. The fourth-order valence-electron chi connectivity index (χ4n) is 3.19. The van der Waals surface area contributed by atoms with Crippen LogP contribution >= 0.6 is 11.3 Å². The quantitative estimate of drug-likeness (QED) is 0.834. The van der Waals surface area contributed by atoms with Crippen molar-refractivity contribution in [3.05, 3.63) is 16.1 Å². The summed E-state index contributed by atoms with van der Waals surface area (Å²) in [5.74, 6) is 0.176. The van der Waals surface area contributed by atoms with Crippen LogP contribution < -0.4 is 0 Å². The zero-order valence-corrected chi connectivity index (χ0v) is 14.6. The fourth-order valence-corrected chi connectivity index (χ4v) is 4.39. The maximum absolute atomic E-state index is 12.8. The van der Waals surface area contributed by atoms with Gasteiger partial charge in [0.05, 0.1) is 11.7 Å². The predicted molar refractivity (Wildman–Crippen MR) is 88.1 cm³/mol. The summed E-state index contributed by atoms with van der Waals surface area (Å²) >= 11 is 1.70. The van der Waals surface area contributed by atoms with E-state index in [0.29, 0.717) is 0 Å². The number of rotatable bonds is 2. The normalized spacial score (nSPS) is 26.4. The van der Waals surface area contributed by atoms with Crippen LogP contribution in [-0.2, 0) is 14.9 Å². The number of aromatic nitrogens is 1. The summed E-state index contributed by atoms with van der Waals surface area (Å²) in [6.45, 7) is 8.11. The molecule has 0 aromatic carbocycles. The monoisotopic (exact) mass is 322 g/mol. The van der Waals surface area contributed by atoms with Gasteiger partial charge in [0.1, 0.15) is 11.1 Å². The lowest BCUT2D eigenvalue weighted by molar-refractivity contribution is -0.145. The number of nitrogens with zero attached hydrogens (tertiary/aromatic N) is 2. The number of piperidine rings is 1. The summed E-state index contributed by atoms with van der Waals surface area (Å²) in [6, 6.07) is 0.145. The number of hydrogen-bond donors (Lipinski definition) is 0. The molecule has 0 saturated carbocycles. The van der Waals surface area contributed by atoms with E-state index in [1.165, 1.54) is 6.42 Å². The van der Waals surface area contributed by atoms with E-state index in [0.717, 1.165) is 49.5 Å². The Kier molecular flexibility index (Phi) is 4.55. The second-order valence-electron chi connectivity index (χ2n) is 7.37. The Hall–Kier alpha value is -0.940. The van der Waals surface area contributed by atoms with E-state index in [2.05, 4.69) is 26.2 Å². The van der Waals surface area contributed by atoms with Crippen LogP contribution in [0.3, 0.4) is 0 Å². The molecule has 4 nitrogen and oxygen atoms in total. The van der Waals surface area contributed by atoms with Gasteiger partial charge in [-0.15, -0.1) is 11.3 Å². The molecule has 0 bridgehead atoms. The van der Waals surface area contributed by atoms with Crippen LogP contribution in [0.2, 0.25) is 0 Å². The lowest BCUT2D eigenvalue weighted by Crippen LogP contribution is -2.43. The number of likely N-dealkylation sites (tertiary alicyclic amines) is 1. The molecule has 2 unspecified atom stereocenters. The summed E-state index contributed by atoms with van der Waals surface area (Å²) in [7, 11) is 0. The molecule has 0 radical (unpaired) electrons. The molecule has 3 heterocycles. The topological polar surface area (TPSA) is 42.4 Å². The zero-order valence-electron chi connectivity index (χ0n) is 13.8. The number of carbonyl (C=O) groups excluding carboxylic acids is 1. The molecule has 2 atom stereocenters. The third-order valence-corrected chi connectivity index (χ3v) is 5.51. The van der Waals surface area contributed by atoms with Crippen molar-refractivity contribution in [1.82, 2.24) is 9.88 Å². The van der Waals surface area contributed by atoms with Crippen molar-refractivity contribution in [3.8, 4) is 0 Å². The van der Waals surface area contributed by atoms with Gasteiger partial charge in [-0.25, -0.2) is 4.98 Å². The van der Waals surface area contributed by atoms with Crippen LogP contribution in [0.5, 0.6) is 0 Å². The van der Waals surface area contributed by atoms with E-state index < -0.39 is 0 Å². The lowest BCUT2D eigenvalue weighted by atomic mass is 9.93. The molecule has 122 valence electrons. The molecule has 3 rings (SSSR count). The standard InChI is InChI=1S/C17H26N2O2S/c1-17(2,3)14-11-22-15(18-14)12-7-4-5-9-19(12)16(20)13-8-6-10-21-13/h11-13H,4-10H2,1-3H3. The van der Waals surface area contributed by atoms with Crippen LogP contribution in [-0.4, -0.2) is 35.0 Å². The molecule has 1 amide bonds. The number of carbonyl (C=O) groups is 1. The van der Waals surface area contributed by atoms with Gasteiger partial charge < -0.3 is 9.64 Å². The van der Waals surface area contributed by atoms with Crippen molar-refractivity contribution in [2.75, 3.05) is 13.2 Å². The molecule has 2 aliphatic heterocycles.